The van der Waals surface area contributed by atoms with Crippen LogP contribution in [0.4, 0.5) is 0 Å². The molecule has 0 N–H and O–H groups in total. The van der Waals surface area contributed by atoms with E-state index in [0.717, 1.165) is 12.8 Å². The molecule has 0 unspecified atom stereocenters. The van der Waals surface area contributed by atoms with Crippen LogP contribution in [-0.2, 0) is 11.3 Å². The maximum Gasteiger partial charge on any atom is 0.354 e. The quantitative estimate of drug-likeness (QED) is 0.563. The maximum atomic E-state index is 11.6. The van der Waals surface area contributed by atoms with E-state index in [4.69, 9.17) is 4.74 Å². The molecular formula is C12H15NO3. The molecule has 86 valence electrons. The van der Waals surface area contributed by atoms with Crippen LogP contribution in [0.3, 0.4) is 0 Å². The van der Waals surface area contributed by atoms with Crippen LogP contribution >= 0.6 is 0 Å². The molecule has 0 aliphatic heterocycles. The zero-order valence-corrected chi connectivity index (χ0v) is 9.31. The van der Waals surface area contributed by atoms with Crippen LogP contribution in [0.25, 0.3) is 0 Å². The summed E-state index contributed by atoms with van der Waals surface area (Å²) >= 11 is 0. The Balaban J connectivity index is 2.24. The molecule has 4 nitrogen and oxygen atoms in total. The second kappa shape index (κ2) is 4.51. The van der Waals surface area contributed by atoms with Crippen LogP contribution < -0.4 is 0 Å². The number of rotatable bonds is 5. The molecule has 0 saturated heterocycles. The fraction of sp³-hybridized carbons (Fsp3) is 0.500. The highest BCUT2D eigenvalue weighted by Crippen LogP contribution is 2.31. The van der Waals surface area contributed by atoms with Gasteiger partial charge in [0.05, 0.1) is 12.3 Å². The van der Waals surface area contributed by atoms with Gasteiger partial charge in [-0.15, -0.1) is 0 Å². The summed E-state index contributed by atoms with van der Waals surface area (Å²) in [5, 5.41) is 0. The van der Waals surface area contributed by atoms with Crippen LogP contribution in [0.15, 0.2) is 12.1 Å². The van der Waals surface area contributed by atoms with Crippen LogP contribution in [-0.4, -0.2) is 23.4 Å². The number of nitrogens with zero attached hydrogens (tertiary/aromatic N) is 1. The van der Waals surface area contributed by atoms with Gasteiger partial charge in [-0.3, -0.25) is 4.79 Å². The molecule has 1 aliphatic rings. The lowest BCUT2D eigenvalue weighted by molar-refractivity contribution is 0.0513. The molecule has 0 bridgehead atoms. The van der Waals surface area contributed by atoms with Crippen molar-refractivity contribution in [3.05, 3.63) is 23.5 Å². The Morgan fingerprint density at radius 3 is 2.88 bits per heavy atom. The van der Waals surface area contributed by atoms with Crippen molar-refractivity contribution in [3.63, 3.8) is 0 Å². The Labute approximate surface area is 94.2 Å². The van der Waals surface area contributed by atoms with Crippen molar-refractivity contribution in [1.82, 2.24) is 4.57 Å². The molecule has 0 radical (unpaired) electrons. The van der Waals surface area contributed by atoms with E-state index in [9.17, 15) is 9.59 Å². The van der Waals surface area contributed by atoms with Crippen molar-refractivity contribution in [2.75, 3.05) is 6.61 Å². The van der Waals surface area contributed by atoms with E-state index in [2.05, 4.69) is 0 Å². The molecule has 16 heavy (non-hydrogen) atoms. The van der Waals surface area contributed by atoms with Crippen molar-refractivity contribution in [1.29, 1.82) is 0 Å². The molecule has 0 aromatic carbocycles. The SMILES string of the molecule is CCOC(=O)c1ccc(C=O)n1CC1CC1. The third-order valence-electron chi connectivity index (χ3n) is 2.76. The van der Waals surface area contributed by atoms with Crippen molar-refractivity contribution >= 4 is 12.3 Å². The van der Waals surface area contributed by atoms with Gasteiger partial charge in [-0.05, 0) is 37.8 Å². The Kier molecular flexibility index (Phi) is 3.08. The average Bonchev–Trinajstić information content (AvgIpc) is 2.97. The minimum absolute atomic E-state index is 0.351. The van der Waals surface area contributed by atoms with Gasteiger partial charge in [0.2, 0.25) is 0 Å². The van der Waals surface area contributed by atoms with Gasteiger partial charge in [-0.2, -0.15) is 0 Å². The molecular weight excluding hydrogens is 206 g/mol. The normalized spacial score (nSPS) is 14.8. The first-order valence-corrected chi connectivity index (χ1v) is 5.58. The van der Waals surface area contributed by atoms with Gasteiger partial charge in [0.1, 0.15) is 5.69 Å². The predicted molar refractivity (Wildman–Crippen MR) is 58.5 cm³/mol. The molecule has 4 heteroatoms. The van der Waals surface area contributed by atoms with Crippen molar-refractivity contribution < 1.29 is 14.3 Å². The van der Waals surface area contributed by atoms with Crippen LogP contribution in [0, 0.1) is 5.92 Å². The molecule has 1 heterocycles. The fourth-order valence-electron chi connectivity index (χ4n) is 1.73. The zero-order valence-electron chi connectivity index (χ0n) is 9.31. The Hall–Kier alpha value is -1.58. The minimum Gasteiger partial charge on any atom is -0.461 e. The lowest BCUT2D eigenvalue weighted by Crippen LogP contribution is -2.14. The van der Waals surface area contributed by atoms with Crippen molar-refractivity contribution in [2.45, 2.75) is 26.3 Å². The number of carbonyl (C=O) groups excluding carboxylic acids is 2. The highest BCUT2D eigenvalue weighted by Gasteiger charge is 2.25. The van der Waals surface area contributed by atoms with Gasteiger partial charge in [0, 0.05) is 6.54 Å². The summed E-state index contributed by atoms with van der Waals surface area (Å²) in [7, 11) is 0. The third-order valence-corrected chi connectivity index (χ3v) is 2.76. The van der Waals surface area contributed by atoms with Gasteiger partial charge in [0.15, 0.2) is 6.29 Å². The molecule has 1 fully saturated rings. The Morgan fingerprint density at radius 2 is 2.31 bits per heavy atom. The number of carbonyl (C=O) groups is 2. The number of hydrogen-bond acceptors (Lipinski definition) is 3. The van der Waals surface area contributed by atoms with E-state index < -0.39 is 0 Å². The summed E-state index contributed by atoms with van der Waals surface area (Å²) in [6.45, 7) is 2.87. The monoisotopic (exact) mass is 221 g/mol. The number of aldehydes is 1. The second-order valence-corrected chi connectivity index (χ2v) is 4.04. The standard InChI is InChI=1S/C12H15NO3/c1-2-16-12(15)11-6-5-10(8-14)13(11)7-9-3-4-9/h5-6,8-9H,2-4,7H2,1H3. The van der Waals surface area contributed by atoms with Crippen molar-refractivity contribution in [2.24, 2.45) is 5.92 Å². The smallest absolute Gasteiger partial charge is 0.354 e. The summed E-state index contributed by atoms with van der Waals surface area (Å²) < 4.78 is 6.72. The molecule has 0 atom stereocenters. The van der Waals surface area contributed by atoms with E-state index in [0.29, 0.717) is 23.9 Å². The maximum absolute atomic E-state index is 11.6. The fourth-order valence-corrected chi connectivity index (χ4v) is 1.73. The predicted octanol–water partition coefficient (Wildman–Crippen LogP) is 1.89. The van der Waals surface area contributed by atoms with Crippen LogP contribution in [0.1, 0.15) is 40.7 Å². The van der Waals surface area contributed by atoms with Gasteiger partial charge in [-0.25, -0.2) is 4.79 Å². The summed E-state index contributed by atoms with van der Waals surface area (Å²) in [6, 6.07) is 3.33. The molecule has 0 amide bonds. The van der Waals surface area contributed by atoms with Gasteiger partial charge in [-0.1, -0.05) is 0 Å². The number of ether oxygens (including phenoxy) is 1. The van der Waals surface area contributed by atoms with Crippen LogP contribution in [0.5, 0.6) is 0 Å². The molecule has 1 aromatic rings. The zero-order chi connectivity index (χ0) is 11.5. The number of hydrogen-bond donors (Lipinski definition) is 0. The summed E-state index contributed by atoms with van der Waals surface area (Å²) in [6.07, 6.45) is 3.14. The number of esters is 1. The first kappa shape index (κ1) is 10.9. The Bertz CT molecular complexity index is 404. The molecule has 1 aromatic heterocycles. The first-order valence-electron chi connectivity index (χ1n) is 5.58. The highest BCUT2D eigenvalue weighted by atomic mass is 16.5. The van der Waals surface area contributed by atoms with Gasteiger partial charge < -0.3 is 9.30 Å². The van der Waals surface area contributed by atoms with E-state index >= 15 is 0 Å². The molecule has 2 rings (SSSR count). The summed E-state index contributed by atoms with van der Waals surface area (Å²) in [4.78, 5) is 22.5. The van der Waals surface area contributed by atoms with Crippen LogP contribution in [0.2, 0.25) is 0 Å². The lowest BCUT2D eigenvalue weighted by atomic mass is 10.3. The lowest BCUT2D eigenvalue weighted by Gasteiger charge is -2.09. The average molecular weight is 221 g/mol. The Morgan fingerprint density at radius 1 is 1.56 bits per heavy atom. The topological polar surface area (TPSA) is 48.3 Å². The molecule has 1 aliphatic carbocycles. The van der Waals surface area contributed by atoms with E-state index in [1.807, 2.05) is 0 Å². The van der Waals surface area contributed by atoms with E-state index in [1.54, 1.807) is 23.6 Å². The largest absolute Gasteiger partial charge is 0.461 e. The molecule has 0 spiro atoms. The minimum atomic E-state index is -0.351. The third kappa shape index (κ3) is 2.15. The number of aromatic nitrogens is 1. The van der Waals surface area contributed by atoms with Gasteiger partial charge in [0.25, 0.3) is 0 Å². The van der Waals surface area contributed by atoms with E-state index in [1.165, 1.54) is 12.8 Å². The first-order chi connectivity index (χ1) is 7.76. The van der Waals surface area contributed by atoms with Crippen molar-refractivity contribution in [3.8, 4) is 0 Å². The highest BCUT2D eigenvalue weighted by molar-refractivity contribution is 5.89. The second-order valence-electron chi connectivity index (χ2n) is 4.04. The van der Waals surface area contributed by atoms with Gasteiger partial charge >= 0.3 is 5.97 Å². The summed E-state index contributed by atoms with van der Waals surface area (Å²) in [5.41, 5.74) is 1.03. The summed E-state index contributed by atoms with van der Waals surface area (Å²) in [5.74, 6) is 0.260. The van der Waals surface area contributed by atoms with E-state index in [-0.39, 0.29) is 5.97 Å². The molecule has 1 saturated carbocycles.